The lowest BCUT2D eigenvalue weighted by Crippen LogP contribution is -2.41. The van der Waals surface area contributed by atoms with Crippen LogP contribution in [0, 0.1) is 10.1 Å². The van der Waals surface area contributed by atoms with Crippen LogP contribution < -0.4 is 4.74 Å². The predicted octanol–water partition coefficient (Wildman–Crippen LogP) is 4.99. The molecule has 1 unspecified atom stereocenters. The Balaban J connectivity index is 2.08. The Hall–Kier alpha value is -3.22. The zero-order valence-electron chi connectivity index (χ0n) is 19.1. The van der Waals surface area contributed by atoms with Gasteiger partial charge in [-0.25, -0.2) is 9.59 Å². The highest BCUT2D eigenvalue weighted by Crippen LogP contribution is 2.42. The van der Waals surface area contributed by atoms with Crippen molar-refractivity contribution >= 4 is 29.8 Å². The minimum atomic E-state index is -4.95. The van der Waals surface area contributed by atoms with Gasteiger partial charge in [-0.15, -0.1) is 10.1 Å². The molecule has 1 heterocycles. The van der Waals surface area contributed by atoms with Gasteiger partial charge < -0.3 is 23.8 Å². The number of alkyl halides is 3. The number of nitrogens with zero attached hydrogens (tertiary/aromatic N) is 1. The summed E-state index contributed by atoms with van der Waals surface area (Å²) in [5.41, 5.74) is -0.646. The molecule has 14 heteroatoms. The first kappa shape index (κ1) is 28.0. The molecule has 194 valence electrons. The molecule has 0 spiro atoms. The number of ether oxygens (including phenoxy) is 4. The SMILES string of the molecule is CC(CCO[N+](=O)[O-])OC(=O)OCOC(=O)C1=Cc2cc(Cl)c(C(C)(C)C)cc2O[C@@H]1C(F)(F)F. The maximum atomic E-state index is 13.6. The first-order chi connectivity index (χ1) is 16.1. The van der Waals surface area contributed by atoms with E-state index < -0.39 is 53.4 Å². The molecule has 0 bridgehead atoms. The molecule has 0 aliphatic carbocycles. The highest BCUT2D eigenvalue weighted by atomic mass is 35.5. The van der Waals surface area contributed by atoms with Crippen molar-refractivity contribution in [1.29, 1.82) is 0 Å². The zero-order chi connectivity index (χ0) is 26.6. The molecular weight excluding hydrogens is 503 g/mol. The van der Waals surface area contributed by atoms with Crippen molar-refractivity contribution in [2.24, 2.45) is 0 Å². The van der Waals surface area contributed by atoms with Gasteiger partial charge in [0.25, 0.3) is 5.09 Å². The Morgan fingerprint density at radius 1 is 1.23 bits per heavy atom. The summed E-state index contributed by atoms with van der Waals surface area (Å²) in [6.07, 6.45) is -8.81. The average molecular weight is 526 g/mol. The van der Waals surface area contributed by atoms with E-state index in [0.717, 1.165) is 6.08 Å². The van der Waals surface area contributed by atoms with Crippen molar-refractivity contribution in [3.05, 3.63) is 44.0 Å². The Morgan fingerprint density at radius 3 is 2.46 bits per heavy atom. The van der Waals surface area contributed by atoms with Crippen molar-refractivity contribution in [1.82, 2.24) is 0 Å². The second kappa shape index (κ2) is 11.0. The van der Waals surface area contributed by atoms with E-state index in [9.17, 15) is 32.9 Å². The maximum Gasteiger partial charge on any atom is 0.511 e. The fourth-order valence-electron chi connectivity index (χ4n) is 2.97. The molecule has 0 radical (unpaired) electrons. The number of halogens is 4. The molecule has 1 aromatic rings. The summed E-state index contributed by atoms with van der Waals surface area (Å²) >= 11 is 6.27. The van der Waals surface area contributed by atoms with Crippen LogP contribution in [0.1, 0.15) is 45.2 Å². The van der Waals surface area contributed by atoms with Crippen molar-refractivity contribution in [3.8, 4) is 5.75 Å². The van der Waals surface area contributed by atoms with Crippen LogP contribution in [0.3, 0.4) is 0 Å². The second-order valence-electron chi connectivity index (χ2n) is 8.48. The number of fused-ring (bicyclic) bond motifs is 1. The van der Waals surface area contributed by atoms with Gasteiger partial charge in [0, 0.05) is 17.0 Å². The number of benzene rings is 1. The monoisotopic (exact) mass is 525 g/mol. The van der Waals surface area contributed by atoms with E-state index in [1.165, 1.54) is 19.1 Å². The number of carbonyl (C=O) groups is 2. The third-order valence-electron chi connectivity index (χ3n) is 4.66. The van der Waals surface area contributed by atoms with E-state index in [1.54, 1.807) is 0 Å². The highest BCUT2D eigenvalue weighted by Gasteiger charge is 2.49. The van der Waals surface area contributed by atoms with Crippen LogP contribution in [0.5, 0.6) is 5.75 Å². The van der Waals surface area contributed by atoms with E-state index in [1.807, 2.05) is 20.8 Å². The molecule has 0 N–H and O–H groups in total. The van der Waals surface area contributed by atoms with Gasteiger partial charge in [0.1, 0.15) is 11.9 Å². The highest BCUT2D eigenvalue weighted by molar-refractivity contribution is 6.31. The molecule has 1 aliphatic heterocycles. The van der Waals surface area contributed by atoms with Gasteiger partial charge in [-0.05, 0) is 36.1 Å². The van der Waals surface area contributed by atoms with Gasteiger partial charge in [0.2, 0.25) is 12.9 Å². The first-order valence-corrected chi connectivity index (χ1v) is 10.5. The van der Waals surface area contributed by atoms with Crippen LogP contribution in [0.4, 0.5) is 18.0 Å². The van der Waals surface area contributed by atoms with Crippen molar-refractivity contribution in [2.45, 2.75) is 57.9 Å². The van der Waals surface area contributed by atoms with Crippen LogP contribution in [0.2, 0.25) is 5.02 Å². The molecule has 0 saturated heterocycles. The summed E-state index contributed by atoms with van der Waals surface area (Å²) in [5, 5.41) is 9.34. The van der Waals surface area contributed by atoms with Crippen molar-refractivity contribution in [2.75, 3.05) is 13.4 Å². The number of rotatable bonds is 8. The van der Waals surface area contributed by atoms with Crippen LogP contribution >= 0.6 is 11.6 Å². The smallest absolute Gasteiger partial charge is 0.475 e. The Morgan fingerprint density at radius 2 is 1.89 bits per heavy atom. The largest absolute Gasteiger partial charge is 0.511 e. The topological polar surface area (TPSA) is 123 Å². The zero-order valence-corrected chi connectivity index (χ0v) is 19.9. The Labute approximate surface area is 203 Å². The summed E-state index contributed by atoms with van der Waals surface area (Å²) < 4.78 is 60.0. The normalized spacial score (nSPS) is 16.2. The average Bonchev–Trinajstić information content (AvgIpc) is 2.70. The maximum absolute atomic E-state index is 13.6. The molecule has 2 atom stereocenters. The number of carbonyl (C=O) groups excluding carboxylic acids is 2. The molecule has 1 aliphatic rings. The molecule has 35 heavy (non-hydrogen) atoms. The van der Waals surface area contributed by atoms with Crippen LogP contribution in [-0.2, 0) is 29.3 Å². The Kier molecular flexibility index (Phi) is 8.82. The van der Waals surface area contributed by atoms with Crippen molar-refractivity contribution in [3.63, 3.8) is 0 Å². The number of hydrogen-bond donors (Lipinski definition) is 0. The summed E-state index contributed by atoms with van der Waals surface area (Å²) in [6, 6.07) is 2.78. The van der Waals surface area contributed by atoms with E-state index >= 15 is 0 Å². The molecule has 0 aromatic heterocycles. The number of esters is 1. The fourth-order valence-corrected chi connectivity index (χ4v) is 3.42. The van der Waals surface area contributed by atoms with E-state index in [-0.39, 0.29) is 29.4 Å². The van der Waals surface area contributed by atoms with Gasteiger partial charge >= 0.3 is 18.3 Å². The van der Waals surface area contributed by atoms with E-state index in [2.05, 4.69) is 14.3 Å². The van der Waals surface area contributed by atoms with Gasteiger partial charge in [0.15, 0.2) is 0 Å². The molecule has 10 nitrogen and oxygen atoms in total. The van der Waals surface area contributed by atoms with Crippen LogP contribution in [0.15, 0.2) is 17.7 Å². The van der Waals surface area contributed by atoms with E-state index in [0.29, 0.717) is 5.56 Å². The minimum Gasteiger partial charge on any atom is -0.475 e. The lowest BCUT2D eigenvalue weighted by molar-refractivity contribution is -0.758. The second-order valence-corrected chi connectivity index (χ2v) is 8.88. The van der Waals surface area contributed by atoms with Crippen LogP contribution in [-0.4, -0.2) is 49.0 Å². The fraction of sp³-hybridized carbons (Fsp3) is 0.524. The molecule has 0 fully saturated rings. The molecule has 0 saturated carbocycles. The Bertz CT molecular complexity index is 1000. The quantitative estimate of drug-likeness (QED) is 0.200. The molecule has 1 aromatic carbocycles. The first-order valence-electron chi connectivity index (χ1n) is 10.2. The standard InChI is InChI=1S/C21H23ClF3NO9/c1-11(5-6-33-26(29)30)34-19(28)32-10-31-18(27)13-7-12-8-15(22)14(20(2,3)4)9-16(12)35-17(13)21(23,24)25/h7-9,11,17H,5-6,10H2,1-4H3/t11?,17-/m0/s1. The van der Waals surface area contributed by atoms with Crippen molar-refractivity contribution < 1.29 is 51.6 Å². The van der Waals surface area contributed by atoms with Crippen LogP contribution in [0.25, 0.3) is 6.08 Å². The minimum absolute atomic E-state index is 0.0355. The lowest BCUT2D eigenvalue weighted by Gasteiger charge is -2.30. The van der Waals surface area contributed by atoms with Gasteiger partial charge in [-0.1, -0.05) is 32.4 Å². The lowest BCUT2D eigenvalue weighted by atomic mass is 9.85. The molecule has 2 rings (SSSR count). The summed E-state index contributed by atoms with van der Waals surface area (Å²) in [4.78, 5) is 38.1. The summed E-state index contributed by atoms with van der Waals surface area (Å²) in [5.74, 6) is -1.54. The summed E-state index contributed by atoms with van der Waals surface area (Å²) in [7, 11) is 0. The van der Waals surface area contributed by atoms with E-state index in [4.69, 9.17) is 21.1 Å². The van der Waals surface area contributed by atoms with Gasteiger partial charge in [-0.2, -0.15) is 13.2 Å². The van der Waals surface area contributed by atoms with Gasteiger partial charge in [0.05, 0.1) is 12.2 Å². The molecular formula is C21H23ClF3NO9. The predicted molar refractivity (Wildman–Crippen MR) is 114 cm³/mol. The third-order valence-corrected chi connectivity index (χ3v) is 4.98. The third kappa shape index (κ3) is 7.91. The van der Waals surface area contributed by atoms with Gasteiger partial charge in [-0.3, -0.25) is 0 Å². The molecule has 0 amide bonds. The number of hydrogen-bond acceptors (Lipinski definition) is 9. The summed E-state index contributed by atoms with van der Waals surface area (Å²) in [6.45, 7) is 5.49.